The van der Waals surface area contributed by atoms with Gasteiger partial charge in [0.25, 0.3) is 0 Å². The summed E-state index contributed by atoms with van der Waals surface area (Å²) in [6.07, 6.45) is 7.34. The van der Waals surface area contributed by atoms with Crippen LogP contribution in [0.25, 0.3) is 5.65 Å². The summed E-state index contributed by atoms with van der Waals surface area (Å²) < 4.78 is 7.64. The van der Waals surface area contributed by atoms with E-state index in [-0.39, 0.29) is 0 Å². The van der Waals surface area contributed by atoms with Gasteiger partial charge in [0.15, 0.2) is 11.4 Å². The number of ether oxygens (including phenoxy) is 1. The van der Waals surface area contributed by atoms with Gasteiger partial charge in [-0.3, -0.25) is 4.98 Å². The minimum absolute atomic E-state index is 0.452. The Morgan fingerprint density at radius 2 is 2.00 bits per heavy atom. The summed E-state index contributed by atoms with van der Waals surface area (Å²) in [5, 5.41) is 0. The number of hydrogen-bond donors (Lipinski definition) is 0. The summed E-state index contributed by atoms with van der Waals surface area (Å²) in [5.74, 6) is 0.767. The number of imidazole rings is 1. The fraction of sp³-hybridized carbons (Fsp3) is 0.0769. The number of fused-ring (bicyclic) bond motifs is 1. The summed E-state index contributed by atoms with van der Waals surface area (Å²) in [5.41, 5.74) is 1.73. The molecule has 0 aliphatic rings. The van der Waals surface area contributed by atoms with E-state index in [0.29, 0.717) is 6.61 Å². The maximum Gasteiger partial charge on any atom is 0.179 e. The third-order valence-corrected chi connectivity index (χ3v) is 2.49. The highest BCUT2D eigenvalue weighted by Gasteiger charge is 2.03. The van der Waals surface area contributed by atoms with Crippen molar-refractivity contribution in [1.82, 2.24) is 14.4 Å². The van der Waals surface area contributed by atoms with Crippen molar-refractivity contribution in [3.05, 3.63) is 60.8 Å². The topological polar surface area (TPSA) is 39.4 Å². The third kappa shape index (κ3) is 1.97. The van der Waals surface area contributed by atoms with Gasteiger partial charge in [0.1, 0.15) is 6.61 Å². The van der Waals surface area contributed by atoms with Gasteiger partial charge in [0.05, 0.1) is 5.69 Å². The highest BCUT2D eigenvalue weighted by atomic mass is 16.5. The Labute approximate surface area is 98.5 Å². The molecule has 0 aromatic carbocycles. The van der Waals surface area contributed by atoms with Gasteiger partial charge in [-0.05, 0) is 24.3 Å². The lowest BCUT2D eigenvalue weighted by Gasteiger charge is -2.06. The molecule has 0 fully saturated rings. The van der Waals surface area contributed by atoms with E-state index in [1.54, 1.807) is 12.4 Å². The monoisotopic (exact) mass is 225 g/mol. The van der Waals surface area contributed by atoms with Crippen LogP contribution in [0.1, 0.15) is 5.69 Å². The Bertz CT molecular complexity index is 619. The van der Waals surface area contributed by atoms with Crippen molar-refractivity contribution in [2.45, 2.75) is 6.61 Å². The molecule has 0 radical (unpaired) electrons. The molecular weight excluding hydrogens is 214 g/mol. The van der Waals surface area contributed by atoms with Crippen molar-refractivity contribution in [2.24, 2.45) is 0 Å². The maximum absolute atomic E-state index is 5.72. The molecule has 4 heteroatoms. The highest BCUT2D eigenvalue weighted by Crippen LogP contribution is 2.18. The second-order valence-corrected chi connectivity index (χ2v) is 3.64. The molecule has 3 aromatic rings. The summed E-state index contributed by atoms with van der Waals surface area (Å²) in [4.78, 5) is 8.46. The minimum Gasteiger partial charge on any atom is -0.483 e. The largest absolute Gasteiger partial charge is 0.483 e. The van der Waals surface area contributed by atoms with Gasteiger partial charge in [0, 0.05) is 24.8 Å². The lowest BCUT2D eigenvalue weighted by atomic mass is 10.4. The molecule has 0 saturated heterocycles. The van der Waals surface area contributed by atoms with Gasteiger partial charge < -0.3 is 9.14 Å². The van der Waals surface area contributed by atoms with Crippen LogP contribution in [0, 0.1) is 0 Å². The molecule has 0 saturated carbocycles. The highest BCUT2D eigenvalue weighted by molar-refractivity contribution is 5.53. The molecule has 0 amide bonds. The van der Waals surface area contributed by atoms with Crippen molar-refractivity contribution < 1.29 is 4.74 Å². The van der Waals surface area contributed by atoms with E-state index in [2.05, 4.69) is 9.97 Å². The summed E-state index contributed by atoms with van der Waals surface area (Å²) in [6, 6.07) is 9.61. The molecule has 4 nitrogen and oxygen atoms in total. The number of pyridine rings is 2. The van der Waals surface area contributed by atoms with E-state index in [1.165, 1.54) is 0 Å². The molecule has 0 spiro atoms. The number of rotatable bonds is 3. The maximum atomic E-state index is 5.72. The molecule has 0 bridgehead atoms. The van der Waals surface area contributed by atoms with Crippen LogP contribution in [0.4, 0.5) is 0 Å². The predicted molar refractivity (Wildman–Crippen MR) is 63.8 cm³/mol. The molecule has 0 N–H and O–H groups in total. The molecule has 0 atom stereocenters. The SMILES string of the molecule is c1ccc(COc2cccn3ccnc23)nc1. The Hall–Kier alpha value is -2.36. The van der Waals surface area contributed by atoms with Crippen LogP contribution >= 0.6 is 0 Å². The fourth-order valence-corrected chi connectivity index (χ4v) is 1.67. The molecule has 84 valence electrons. The van der Waals surface area contributed by atoms with Crippen molar-refractivity contribution in [2.75, 3.05) is 0 Å². The molecule has 3 rings (SSSR count). The number of nitrogens with zero attached hydrogens (tertiary/aromatic N) is 3. The standard InChI is InChI=1S/C13H11N3O/c1-2-6-14-11(4-1)10-17-12-5-3-8-16-9-7-15-13(12)16/h1-9H,10H2. The summed E-state index contributed by atoms with van der Waals surface area (Å²) >= 11 is 0. The van der Waals surface area contributed by atoms with Crippen molar-refractivity contribution in [3.63, 3.8) is 0 Å². The van der Waals surface area contributed by atoms with Crippen LogP contribution in [0.15, 0.2) is 55.1 Å². The average Bonchev–Trinajstić information content (AvgIpc) is 2.86. The van der Waals surface area contributed by atoms with Crippen LogP contribution in [0.3, 0.4) is 0 Å². The van der Waals surface area contributed by atoms with Crippen LogP contribution < -0.4 is 4.74 Å². The van der Waals surface area contributed by atoms with Crippen LogP contribution in [-0.2, 0) is 6.61 Å². The molecule has 3 aromatic heterocycles. The first-order chi connectivity index (χ1) is 8.43. The van der Waals surface area contributed by atoms with E-state index < -0.39 is 0 Å². The lowest BCUT2D eigenvalue weighted by Crippen LogP contribution is -1.99. The van der Waals surface area contributed by atoms with Crippen LogP contribution in [-0.4, -0.2) is 14.4 Å². The second kappa shape index (κ2) is 4.25. The third-order valence-electron chi connectivity index (χ3n) is 2.49. The summed E-state index contributed by atoms with van der Waals surface area (Å²) in [6.45, 7) is 0.452. The van der Waals surface area contributed by atoms with Crippen molar-refractivity contribution >= 4 is 5.65 Å². The van der Waals surface area contributed by atoms with E-state index >= 15 is 0 Å². The minimum atomic E-state index is 0.452. The van der Waals surface area contributed by atoms with Crippen molar-refractivity contribution in [1.29, 1.82) is 0 Å². The Balaban J connectivity index is 1.84. The van der Waals surface area contributed by atoms with Gasteiger partial charge >= 0.3 is 0 Å². The summed E-state index contributed by atoms with van der Waals surface area (Å²) in [7, 11) is 0. The van der Waals surface area contributed by atoms with E-state index in [0.717, 1.165) is 17.1 Å². The first kappa shape index (κ1) is 9.84. The van der Waals surface area contributed by atoms with Gasteiger partial charge in [0.2, 0.25) is 0 Å². The van der Waals surface area contributed by atoms with E-state index in [9.17, 15) is 0 Å². The number of aromatic nitrogens is 3. The Morgan fingerprint density at radius 1 is 1.00 bits per heavy atom. The van der Waals surface area contributed by atoms with Crippen LogP contribution in [0.5, 0.6) is 5.75 Å². The van der Waals surface area contributed by atoms with E-state index in [1.807, 2.05) is 47.1 Å². The Kier molecular flexibility index (Phi) is 2.46. The lowest BCUT2D eigenvalue weighted by molar-refractivity contribution is 0.303. The molecule has 0 unspecified atom stereocenters. The average molecular weight is 225 g/mol. The quantitative estimate of drug-likeness (QED) is 0.686. The molecule has 0 aliphatic carbocycles. The van der Waals surface area contributed by atoms with Crippen LogP contribution in [0.2, 0.25) is 0 Å². The van der Waals surface area contributed by atoms with Gasteiger partial charge in [-0.25, -0.2) is 4.98 Å². The van der Waals surface area contributed by atoms with Gasteiger partial charge in [-0.1, -0.05) is 6.07 Å². The zero-order valence-electron chi connectivity index (χ0n) is 9.15. The molecular formula is C13H11N3O. The predicted octanol–water partition coefficient (Wildman–Crippen LogP) is 2.31. The first-order valence-corrected chi connectivity index (χ1v) is 5.38. The van der Waals surface area contributed by atoms with Gasteiger partial charge in [-0.2, -0.15) is 0 Å². The van der Waals surface area contributed by atoms with E-state index in [4.69, 9.17) is 4.74 Å². The van der Waals surface area contributed by atoms with Gasteiger partial charge in [-0.15, -0.1) is 0 Å². The smallest absolute Gasteiger partial charge is 0.179 e. The first-order valence-electron chi connectivity index (χ1n) is 5.38. The second-order valence-electron chi connectivity index (χ2n) is 3.64. The Morgan fingerprint density at radius 3 is 2.88 bits per heavy atom. The zero-order valence-corrected chi connectivity index (χ0v) is 9.15. The molecule has 17 heavy (non-hydrogen) atoms. The molecule has 0 aliphatic heterocycles. The van der Waals surface area contributed by atoms with Crippen molar-refractivity contribution in [3.8, 4) is 5.75 Å². The molecule has 3 heterocycles. The number of hydrogen-bond acceptors (Lipinski definition) is 3. The normalized spacial score (nSPS) is 10.6. The fourth-order valence-electron chi connectivity index (χ4n) is 1.67. The zero-order chi connectivity index (χ0) is 11.5.